The van der Waals surface area contributed by atoms with E-state index in [9.17, 15) is 31.1 Å². The van der Waals surface area contributed by atoms with Gasteiger partial charge in [-0.1, -0.05) is 36.4 Å². The van der Waals surface area contributed by atoms with E-state index in [1.165, 1.54) is 49.6 Å². The number of aromatic nitrogens is 6. The van der Waals surface area contributed by atoms with Crippen molar-refractivity contribution < 1.29 is 63.7 Å². The number of nitrogens with zero attached hydrogens (tertiary/aromatic N) is 6. The Kier molecular flexibility index (Phi) is 16.5. The Morgan fingerprint density at radius 3 is 1.46 bits per heavy atom. The topological polar surface area (TPSA) is 189 Å². The summed E-state index contributed by atoms with van der Waals surface area (Å²) in [6.07, 6.45) is -3.88. The van der Waals surface area contributed by atoms with Crippen molar-refractivity contribution in [3.8, 4) is 45.8 Å². The van der Waals surface area contributed by atoms with Gasteiger partial charge in [0.15, 0.2) is 12.8 Å². The number of oxazole rings is 2. The molecule has 2 saturated heterocycles. The average Bonchev–Trinajstić information content (AvgIpc) is 4.21. The number of rotatable bonds is 13. The number of amides is 1. The molecule has 0 spiro atoms. The van der Waals surface area contributed by atoms with Gasteiger partial charge in [-0.2, -0.15) is 36.5 Å². The Bertz CT molecular complexity index is 3170. The van der Waals surface area contributed by atoms with E-state index >= 15 is 0 Å². The molecule has 4 aromatic carbocycles. The number of hydrogen-bond donors (Lipinski definition) is 2. The van der Waals surface area contributed by atoms with Gasteiger partial charge in [0, 0.05) is 23.3 Å². The highest BCUT2D eigenvalue weighted by Crippen LogP contribution is 2.37. The van der Waals surface area contributed by atoms with Crippen molar-refractivity contribution >= 4 is 29.3 Å². The lowest BCUT2D eigenvalue weighted by atomic mass is 9.87. The summed E-state index contributed by atoms with van der Waals surface area (Å²) >= 11 is 9.53. The molecule has 400 valence electrons. The van der Waals surface area contributed by atoms with Gasteiger partial charge in [0.25, 0.3) is 0 Å². The van der Waals surface area contributed by atoms with E-state index < -0.39 is 46.3 Å². The van der Waals surface area contributed by atoms with Crippen LogP contribution < -0.4 is 20.5 Å². The summed E-state index contributed by atoms with van der Waals surface area (Å²) in [7, 11) is 0. The molecule has 0 aliphatic carbocycles. The number of nitrogens with two attached hydrogens (primary N) is 1. The minimum atomic E-state index is -4.45. The number of nitrogens with one attached hydrogen (secondary N) is 1. The summed E-state index contributed by atoms with van der Waals surface area (Å²) in [5.74, 6) is 1.09. The van der Waals surface area contributed by atoms with Crippen molar-refractivity contribution in [2.75, 3.05) is 31.8 Å². The first-order chi connectivity index (χ1) is 36.1. The van der Waals surface area contributed by atoms with Crippen LogP contribution in [0.3, 0.4) is 0 Å². The zero-order valence-electron chi connectivity index (χ0n) is 40.7. The second-order valence-corrected chi connectivity index (χ2v) is 19.2. The fraction of sp³-hybridized carbons (Fsp3) is 0.288. The predicted molar refractivity (Wildman–Crippen MR) is 265 cm³/mol. The summed E-state index contributed by atoms with van der Waals surface area (Å²) in [5, 5.41) is 12.4. The smallest absolute Gasteiger partial charge is 0.416 e. The highest BCUT2D eigenvalue weighted by Gasteiger charge is 2.43. The fourth-order valence-corrected chi connectivity index (χ4v) is 7.65. The Balaban J connectivity index is 0.000000195. The highest BCUT2D eigenvalue weighted by atomic mass is 35.5. The molecular weight excluding hydrogens is 1050 g/mol. The third-order valence-corrected chi connectivity index (χ3v) is 11.5. The van der Waals surface area contributed by atoms with E-state index in [1.807, 2.05) is 48.5 Å². The SMILES string of the molecule is CC(C)(C)OC(=O)NC1(c2cccc(-c3cc(Oc4ccc(C(F)(F)F)cc4)n(Cc4cocn4)n3)c2)COC1.ClCCl.NC1(c2cccc(-c3cc(Oc4ccc(C(F)(F)F)cc4)n(Cc4cocn4)n3)c2)COC1. The number of halogens is 8. The monoisotopic (exact) mass is 1100 g/mol. The van der Waals surface area contributed by atoms with Gasteiger partial charge < -0.3 is 43.6 Å². The summed E-state index contributed by atoms with van der Waals surface area (Å²) in [4.78, 5) is 20.8. The minimum absolute atomic E-state index is 0.194. The molecule has 10 rings (SSSR count). The van der Waals surface area contributed by atoms with E-state index in [0.717, 1.165) is 46.5 Å². The van der Waals surface area contributed by atoms with Gasteiger partial charge in [-0.25, -0.2) is 24.1 Å². The molecule has 1 amide bonds. The lowest BCUT2D eigenvalue weighted by Gasteiger charge is -2.42. The van der Waals surface area contributed by atoms with Crippen molar-refractivity contribution in [1.82, 2.24) is 34.8 Å². The first-order valence-electron chi connectivity index (χ1n) is 23.0. The van der Waals surface area contributed by atoms with Crippen LogP contribution in [0.2, 0.25) is 0 Å². The summed E-state index contributed by atoms with van der Waals surface area (Å²) in [6.45, 7) is 7.26. The van der Waals surface area contributed by atoms with Gasteiger partial charge in [0.1, 0.15) is 46.6 Å². The van der Waals surface area contributed by atoms with Gasteiger partial charge in [-0.15, -0.1) is 23.2 Å². The minimum Gasteiger partial charge on any atom is -0.451 e. The van der Waals surface area contributed by atoms with Gasteiger partial charge in [-0.3, -0.25) is 0 Å². The van der Waals surface area contributed by atoms with Crippen LogP contribution in [0.1, 0.15) is 54.4 Å². The second kappa shape index (κ2) is 22.8. The lowest BCUT2D eigenvalue weighted by molar-refractivity contribution is -0.138. The molecule has 76 heavy (non-hydrogen) atoms. The summed E-state index contributed by atoms with van der Waals surface area (Å²) in [6, 6.07) is 27.5. The van der Waals surface area contributed by atoms with Crippen LogP contribution in [0.15, 0.2) is 143 Å². The van der Waals surface area contributed by atoms with Gasteiger partial charge in [-0.05, 0) is 92.6 Å². The van der Waals surface area contributed by atoms with Crippen molar-refractivity contribution in [3.05, 3.63) is 168 Å². The van der Waals surface area contributed by atoms with Crippen LogP contribution in [0.4, 0.5) is 31.1 Å². The van der Waals surface area contributed by atoms with Gasteiger partial charge >= 0.3 is 18.4 Å². The molecule has 6 heterocycles. The van der Waals surface area contributed by atoms with Gasteiger partial charge in [0.2, 0.25) is 11.8 Å². The number of alkyl carbamates (subject to hydrolysis) is 1. The van der Waals surface area contributed by atoms with E-state index in [2.05, 4.69) is 25.5 Å². The first-order valence-corrected chi connectivity index (χ1v) is 24.1. The molecule has 3 N–H and O–H groups in total. The lowest BCUT2D eigenvalue weighted by Crippen LogP contribution is -2.60. The van der Waals surface area contributed by atoms with Crippen LogP contribution in [0.5, 0.6) is 23.3 Å². The Morgan fingerprint density at radius 1 is 0.658 bits per heavy atom. The molecule has 0 bridgehead atoms. The zero-order valence-corrected chi connectivity index (χ0v) is 42.2. The normalized spacial score (nSPS) is 14.7. The highest BCUT2D eigenvalue weighted by molar-refractivity contribution is 6.40. The van der Waals surface area contributed by atoms with Crippen LogP contribution in [-0.2, 0) is 50.7 Å². The van der Waals surface area contributed by atoms with Crippen LogP contribution in [-0.4, -0.2) is 73.0 Å². The first kappa shape index (κ1) is 54.9. The van der Waals surface area contributed by atoms with Gasteiger partial charge in [0.05, 0.1) is 72.9 Å². The molecule has 2 fully saturated rings. The van der Waals surface area contributed by atoms with Crippen molar-refractivity contribution in [3.63, 3.8) is 0 Å². The van der Waals surface area contributed by atoms with Crippen LogP contribution in [0, 0.1) is 0 Å². The molecule has 4 aromatic heterocycles. The molecule has 2 aliphatic rings. The zero-order chi connectivity index (χ0) is 54.3. The quantitative estimate of drug-likeness (QED) is 0.0820. The number of carbonyl (C=O) groups is 1. The molecule has 2 aliphatic heterocycles. The average molecular weight is 1100 g/mol. The fourth-order valence-electron chi connectivity index (χ4n) is 7.65. The van der Waals surface area contributed by atoms with Crippen molar-refractivity contribution in [2.45, 2.75) is 62.9 Å². The third-order valence-electron chi connectivity index (χ3n) is 11.5. The summed E-state index contributed by atoms with van der Waals surface area (Å²) < 4.78 is 119. The number of carbonyl (C=O) groups excluding carboxylic acids is 1. The molecule has 0 atom stereocenters. The van der Waals surface area contributed by atoms with E-state index in [-0.39, 0.29) is 49.0 Å². The van der Waals surface area contributed by atoms with E-state index in [1.54, 1.807) is 42.3 Å². The van der Waals surface area contributed by atoms with E-state index in [4.69, 9.17) is 61.5 Å². The predicted octanol–water partition coefficient (Wildman–Crippen LogP) is 12.2. The molecular formula is C52H48Cl2F6N8O8. The third kappa shape index (κ3) is 13.7. The van der Waals surface area contributed by atoms with Crippen molar-refractivity contribution in [1.29, 1.82) is 0 Å². The standard InChI is InChI=1S/C28H27F3N4O5.C23H19F3N4O3.CH2Cl2/c1-26(2,3)40-25(36)33-27(15-38-16-27)20-6-4-5-18(11-20)23-12-24(35(34-23)13-21-14-37-17-32-21)39-22-9-7-19(8-10-22)28(29,30)31;24-23(25,26)16-4-6-19(7-5-16)33-21-9-20(29-30(21)10-18-11-31-14-28-18)15-2-1-3-17(8-15)22(27)12-32-13-22;2-1-3/h4-12,14,17H,13,15-16H2,1-3H3,(H,33,36);1-9,11,14H,10,12-13,27H2;1H2. The molecule has 0 unspecified atom stereocenters. The molecule has 16 nitrogen and oxygen atoms in total. The maximum absolute atomic E-state index is 13.0. The number of ether oxygens (including phenoxy) is 5. The maximum Gasteiger partial charge on any atom is 0.416 e. The van der Waals surface area contributed by atoms with Crippen LogP contribution in [0.25, 0.3) is 22.5 Å². The maximum atomic E-state index is 13.0. The molecule has 24 heteroatoms. The Morgan fingerprint density at radius 2 is 1.09 bits per heavy atom. The van der Waals surface area contributed by atoms with Crippen LogP contribution >= 0.6 is 23.2 Å². The Hall–Kier alpha value is -7.37. The number of hydrogen-bond acceptors (Lipinski definition) is 13. The number of benzene rings is 4. The molecule has 0 saturated carbocycles. The van der Waals surface area contributed by atoms with E-state index in [0.29, 0.717) is 41.9 Å². The largest absolute Gasteiger partial charge is 0.451 e. The number of alkyl halides is 8. The van der Waals surface area contributed by atoms with Crippen molar-refractivity contribution in [2.24, 2.45) is 5.73 Å². The molecule has 0 radical (unpaired) electrons. The summed E-state index contributed by atoms with van der Waals surface area (Å²) in [5.41, 5.74) is 8.53. The second-order valence-electron chi connectivity index (χ2n) is 18.4. The molecule has 8 aromatic rings. The Labute approximate surface area is 440 Å².